The first-order valence-electron chi connectivity index (χ1n) is 9.00. The lowest BCUT2D eigenvalue weighted by Gasteiger charge is -2.15. The van der Waals surface area contributed by atoms with Crippen molar-refractivity contribution >= 4 is 41.0 Å². The molecule has 0 saturated carbocycles. The number of urea groups is 1. The molecule has 0 unspecified atom stereocenters. The number of fused-ring (bicyclic) bond motifs is 1. The number of nitro groups is 1. The molecule has 0 spiro atoms. The number of imide groups is 1. The molecule has 1 aliphatic rings. The van der Waals surface area contributed by atoms with Crippen LogP contribution in [0.1, 0.15) is 20.7 Å². The lowest BCUT2D eigenvalue weighted by molar-refractivity contribution is -0.384. The molecule has 0 radical (unpaired) electrons. The third-order valence-corrected chi connectivity index (χ3v) is 5.42. The second-order valence-corrected chi connectivity index (χ2v) is 7.58. The Kier molecular flexibility index (Phi) is 5.37. The number of amides is 4. The maximum Gasteiger partial charge on any atom is 0.338 e. The number of hydrogen-bond acceptors (Lipinski definition) is 6. The van der Waals surface area contributed by atoms with E-state index in [1.807, 2.05) is 0 Å². The van der Waals surface area contributed by atoms with Crippen LogP contribution in [-0.4, -0.2) is 27.8 Å². The van der Waals surface area contributed by atoms with E-state index in [0.717, 1.165) is 9.79 Å². The van der Waals surface area contributed by atoms with Crippen molar-refractivity contribution in [3.63, 3.8) is 0 Å². The second-order valence-electron chi connectivity index (χ2n) is 6.43. The number of benzene rings is 3. The molecule has 1 heterocycles. The van der Waals surface area contributed by atoms with Crippen molar-refractivity contribution in [2.24, 2.45) is 0 Å². The van der Waals surface area contributed by atoms with Crippen LogP contribution in [0.3, 0.4) is 0 Å². The molecule has 154 valence electrons. The van der Waals surface area contributed by atoms with Crippen LogP contribution in [0.15, 0.2) is 82.6 Å². The van der Waals surface area contributed by atoms with Gasteiger partial charge < -0.3 is 5.32 Å². The van der Waals surface area contributed by atoms with Crippen LogP contribution >= 0.6 is 11.8 Å². The molecule has 2 N–H and O–H groups in total. The van der Waals surface area contributed by atoms with E-state index in [4.69, 9.17) is 0 Å². The Hall–Kier alpha value is -4.18. The van der Waals surface area contributed by atoms with E-state index in [-0.39, 0.29) is 16.8 Å². The zero-order valence-corrected chi connectivity index (χ0v) is 16.6. The summed E-state index contributed by atoms with van der Waals surface area (Å²) in [6.07, 6.45) is 0. The van der Waals surface area contributed by atoms with Crippen molar-refractivity contribution in [2.75, 3.05) is 5.32 Å². The second kappa shape index (κ2) is 8.28. The van der Waals surface area contributed by atoms with Gasteiger partial charge in [0.1, 0.15) is 0 Å². The molecule has 0 saturated heterocycles. The molecule has 0 bridgehead atoms. The molecule has 1 aliphatic heterocycles. The Labute approximate surface area is 180 Å². The van der Waals surface area contributed by atoms with Gasteiger partial charge in [-0.15, -0.1) is 0 Å². The van der Waals surface area contributed by atoms with E-state index in [2.05, 4.69) is 10.7 Å². The highest BCUT2D eigenvalue weighted by molar-refractivity contribution is 7.99. The monoisotopic (exact) mass is 434 g/mol. The molecule has 3 aromatic carbocycles. The zero-order valence-electron chi connectivity index (χ0n) is 15.8. The van der Waals surface area contributed by atoms with Gasteiger partial charge in [-0.1, -0.05) is 23.9 Å². The van der Waals surface area contributed by atoms with Crippen LogP contribution in [0.25, 0.3) is 0 Å². The van der Waals surface area contributed by atoms with Gasteiger partial charge in [0.25, 0.3) is 17.5 Å². The van der Waals surface area contributed by atoms with Crippen LogP contribution in [0, 0.1) is 10.1 Å². The summed E-state index contributed by atoms with van der Waals surface area (Å²) < 4.78 is 0. The number of anilines is 1. The summed E-state index contributed by atoms with van der Waals surface area (Å²) in [6, 6.07) is 18.6. The normalized spacial score (nSPS) is 12.5. The number of rotatable bonds is 5. The minimum atomic E-state index is -0.731. The summed E-state index contributed by atoms with van der Waals surface area (Å²) in [6.45, 7) is 0. The number of nitrogens with one attached hydrogen (secondary N) is 2. The number of non-ortho nitro benzene ring substituents is 1. The first-order chi connectivity index (χ1) is 14.9. The molecule has 0 aliphatic carbocycles. The van der Waals surface area contributed by atoms with Crippen LogP contribution in [0.4, 0.5) is 16.2 Å². The Bertz CT molecular complexity index is 1160. The fourth-order valence-electron chi connectivity index (χ4n) is 2.93. The van der Waals surface area contributed by atoms with Crippen molar-refractivity contribution in [3.05, 3.63) is 94.0 Å². The molecule has 4 amide bonds. The molecule has 31 heavy (non-hydrogen) atoms. The molecule has 0 fully saturated rings. The van der Waals surface area contributed by atoms with E-state index in [0.29, 0.717) is 10.7 Å². The predicted molar refractivity (Wildman–Crippen MR) is 113 cm³/mol. The number of nitrogens with zero attached hydrogens (tertiary/aromatic N) is 2. The average molecular weight is 434 g/mol. The highest BCUT2D eigenvalue weighted by Gasteiger charge is 2.36. The molecular weight excluding hydrogens is 420 g/mol. The average Bonchev–Trinajstić information content (AvgIpc) is 3.00. The SMILES string of the molecule is O=C(Nc1ccc(Sc2ccc([N+](=O)[O-])cc2)cc1)NN1C(=O)c2ccccc2C1=O. The quantitative estimate of drug-likeness (QED) is 0.355. The van der Waals surface area contributed by atoms with E-state index in [9.17, 15) is 24.5 Å². The fraction of sp³-hybridized carbons (Fsp3) is 0. The topological polar surface area (TPSA) is 122 Å². The van der Waals surface area contributed by atoms with Crippen molar-refractivity contribution in [1.29, 1.82) is 0 Å². The number of carbonyl (C=O) groups excluding carboxylic acids is 3. The van der Waals surface area contributed by atoms with Gasteiger partial charge in [0.05, 0.1) is 16.1 Å². The first kappa shape index (κ1) is 20.1. The van der Waals surface area contributed by atoms with Crippen LogP contribution < -0.4 is 10.7 Å². The largest absolute Gasteiger partial charge is 0.338 e. The number of nitro benzene ring substituents is 1. The summed E-state index contributed by atoms with van der Waals surface area (Å²) in [5, 5.41) is 14.0. The Balaban J connectivity index is 1.36. The highest BCUT2D eigenvalue weighted by atomic mass is 32.2. The maximum absolute atomic E-state index is 12.3. The summed E-state index contributed by atoms with van der Waals surface area (Å²) in [4.78, 5) is 48.8. The minimum Gasteiger partial charge on any atom is -0.307 e. The van der Waals surface area contributed by atoms with Gasteiger partial charge in [0.2, 0.25) is 0 Å². The summed E-state index contributed by atoms with van der Waals surface area (Å²) in [5.74, 6) is -1.18. The summed E-state index contributed by atoms with van der Waals surface area (Å²) in [5.41, 5.74) is 3.22. The lowest BCUT2D eigenvalue weighted by Crippen LogP contribution is -2.47. The van der Waals surface area contributed by atoms with Crippen molar-refractivity contribution in [3.8, 4) is 0 Å². The van der Waals surface area contributed by atoms with Gasteiger partial charge in [-0.25, -0.2) is 10.2 Å². The highest BCUT2D eigenvalue weighted by Crippen LogP contribution is 2.29. The Morgan fingerprint density at radius 3 is 1.87 bits per heavy atom. The third-order valence-electron chi connectivity index (χ3n) is 4.40. The molecule has 0 atom stereocenters. The summed E-state index contributed by atoms with van der Waals surface area (Å²) >= 11 is 1.41. The van der Waals surface area contributed by atoms with Gasteiger partial charge in [0.15, 0.2) is 0 Å². The minimum absolute atomic E-state index is 0.0213. The van der Waals surface area contributed by atoms with E-state index in [1.165, 1.54) is 36.0 Å². The smallest absolute Gasteiger partial charge is 0.307 e. The van der Waals surface area contributed by atoms with Gasteiger partial charge >= 0.3 is 6.03 Å². The lowest BCUT2D eigenvalue weighted by atomic mass is 10.1. The van der Waals surface area contributed by atoms with Crippen LogP contribution in [0.2, 0.25) is 0 Å². The first-order valence-corrected chi connectivity index (χ1v) is 9.82. The fourth-order valence-corrected chi connectivity index (χ4v) is 3.75. The number of hydrogen-bond donors (Lipinski definition) is 2. The van der Waals surface area contributed by atoms with Crippen LogP contribution in [0.5, 0.6) is 0 Å². The van der Waals surface area contributed by atoms with Gasteiger partial charge in [-0.2, -0.15) is 5.01 Å². The molecule has 4 rings (SSSR count). The van der Waals surface area contributed by atoms with Crippen molar-refractivity contribution in [2.45, 2.75) is 9.79 Å². The van der Waals surface area contributed by atoms with E-state index >= 15 is 0 Å². The predicted octanol–water partition coefficient (Wildman–Crippen LogP) is 4.08. The zero-order chi connectivity index (χ0) is 22.0. The number of carbonyl (C=O) groups is 3. The van der Waals surface area contributed by atoms with Crippen molar-refractivity contribution < 1.29 is 19.3 Å². The van der Waals surface area contributed by atoms with Gasteiger partial charge in [-0.3, -0.25) is 19.7 Å². The molecule has 10 heteroatoms. The molecule has 9 nitrogen and oxygen atoms in total. The molecule has 3 aromatic rings. The van der Waals surface area contributed by atoms with Gasteiger partial charge in [-0.05, 0) is 48.5 Å². The van der Waals surface area contributed by atoms with E-state index in [1.54, 1.807) is 48.5 Å². The Morgan fingerprint density at radius 2 is 1.35 bits per heavy atom. The third kappa shape index (κ3) is 4.23. The standard InChI is InChI=1S/C21H14N4O5S/c26-19-17-3-1-2-4-18(17)20(27)24(19)23-21(28)22-13-5-9-15(10-6-13)31-16-11-7-14(8-12-16)25(29)30/h1-12H,(H2,22,23,28). The summed E-state index contributed by atoms with van der Waals surface area (Å²) in [7, 11) is 0. The number of hydrazine groups is 1. The molecule has 0 aromatic heterocycles. The maximum atomic E-state index is 12.3. The van der Waals surface area contributed by atoms with Crippen molar-refractivity contribution in [1.82, 2.24) is 10.4 Å². The Morgan fingerprint density at radius 1 is 0.839 bits per heavy atom. The molecular formula is C21H14N4O5S. The van der Waals surface area contributed by atoms with Gasteiger partial charge in [0, 0.05) is 27.6 Å². The van der Waals surface area contributed by atoms with Crippen LogP contribution in [-0.2, 0) is 0 Å². The van der Waals surface area contributed by atoms with E-state index < -0.39 is 22.8 Å².